The van der Waals surface area contributed by atoms with E-state index in [4.69, 9.17) is 0 Å². The van der Waals surface area contributed by atoms with Gasteiger partial charge in [0.2, 0.25) is 5.91 Å². The van der Waals surface area contributed by atoms with Crippen molar-refractivity contribution in [3.63, 3.8) is 0 Å². The number of amides is 1. The summed E-state index contributed by atoms with van der Waals surface area (Å²) in [6.07, 6.45) is 8.16. The first kappa shape index (κ1) is 15.6. The van der Waals surface area contributed by atoms with Crippen molar-refractivity contribution < 1.29 is 4.79 Å². The number of hydrogen-bond donors (Lipinski definition) is 0. The maximum atomic E-state index is 13.0. The van der Waals surface area contributed by atoms with Gasteiger partial charge < -0.3 is 4.90 Å². The SMILES string of the molecule is Cn1nccc1C1CC2CCC(C1)N2C(=O)Cn1cc2ccccc2n1. The molecule has 1 aromatic carbocycles. The first-order chi connectivity index (χ1) is 12.7. The third kappa shape index (κ3) is 2.52. The fourth-order valence-electron chi connectivity index (χ4n) is 4.93. The van der Waals surface area contributed by atoms with Crippen molar-refractivity contribution in [1.29, 1.82) is 0 Å². The van der Waals surface area contributed by atoms with E-state index in [2.05, 4.69) is 21.2 Å². The van der Waals surface area contributed by atoms with E-state index < -0.39 is 0 Å². The molecule has 2 bridgehead atoms. The van der Waals surface area contributed by atoms with Gasteiger partial charge in [-0.2, -0.15) is 10.2 Å². The van der Waals surface area contributed by atoms with Crippen molar-refractivity contribution in [2.24, 2.45) is 7.05 Å². The Morgan fingerprint density at radius 2 is 1.92 bits per heavy atom. The summed E-state index contributed by atoms with van der Waals surface area (Å²) in [5.74, 6) is 0.713. The van der Waals surface area contributed by atoms with Gasteiger partial charge in [0.05, 0.1) is 5.52 Å². The molecule has 2 saturated heterocycles. The summed E-state index contributed by atoms with van der Waals surface area (Å²) in [4.78, 5) is 15.2. The lowest BCUT2D eigenvalue weighted by Gasteiger charge is -2.39. The van der Waals surface area contributed by atoms with E-state index in [-0.39, 0.29) is 5.91 Å². The summed E-state index contributed by atoms with van der Waals surface area (Å²) in [6.45, 7) is 0.331. The van der Waals surface area contributed by atoms with Crippen LogP contribution in [0.2, 0.25) is 0 Å². The molecule has 3 aromatic rings. The zero-order chi connectivity index (χ0) is 17.7. The lowest BCUT2D eigenvalue weighted by molar-refractivity contribution is -0.136. The maximum absolute atomic E-state index is 13.0. The number of piperidine rings is 1. The number of nitrogens with zero attached hydrogens (tertiary/aromatic N) is 5. The van der Waals surface area contributed by atoms with Gasteiger partial charge in [-0.1, -0.05) is 18.2 Å². The number of rotatable bonds is 3. The molecule has 2 fully saturated rings. The van der Waals surface area contributed by atoms with Crippen molar-refractivity contribution in [2.45, 2.75) is 50.2 Å². The Bertz CT molecular complexity index is 911. The van der Waals surface area contributed by atoms with E-state index in [0.717, 1.165) is 36.6 Å². The van der Waals surface area contributed by atoms with Gasteiger partial charge in [0, 0.05) is 48.5 Å². The smallest absolute Gasteiger partial charge is 0.244 e. The highest BCUT2D eigenvalue weighted by molar-refractivity contribution is 5.80. The Balaban J connectivity index is 1.33. The fraction of sp³-hybridized carbons (Fsp3) is 0.450. The summed E-state index contributed by atoms with van der Waals surface area (Å²) in [5.41, 5.74) is 2.24. The summed E-state index contributed by atoms with van der Waals surface area (Å²) in [6, 6.07) is 10.8. The third-order valence-corrected chi connectivity index (χ3v) is 6.06. The molecule has 2 aliphatic heterocycles. The van der Waals surface area contributed by atoms with E-state index >= 15 is 0 Å². The van der Waals surface area contributed by atoms with Crippen LogP contribution in [0.3, 0.4) is 0 Å². The molecule has 2 aliphatic rings. The molecule has 0 spiro atoms. The Morgan fingerprint density at radius 1 is 1.15 bits per heavy atom. The van der Waals surface area contributed by atoms with E-state index in [0.29, 0.717) is 24.5 Å². The van der Waals surface area contributed by atoms with Gasteiger partial charge in [0.15, 0.2) is 0 Å². The molecule has 2 aromatic heterocycles. The largest absolute Gasteiger partial charge is 0.335 e. The zero-order valence-electron chi connectivity index (χ0n) is 15.0. The summed E-state index contributed by atoms with van der Waals surface area (Å²) >= 11 is 0. The van der Waals surface area contributed by atoms with Gasteiger partial charge in [-0.05, 0) is 37.8 Å². The fourth-order valence-corrected chi connectivity index (χ4v) is 4.93. The molecule has 6 nitrogen and oxygen atoms in total. The van der Waals surface area contributed by atoms with E-state index in [1.54, 1.807) is 4.68 Å². The molecule has 5 rings (SSSR count). The van der Waals surface area contributed by atoms with Gasteiger partial charge in [-0.3, -0.25) is 14.2 Å². The van der Waals surface area contributed by atoms with E-state index in [1.165, 1.54) is 5.69 Å². The molecule has 2 unspecified atom stereocenters. The molecule has 26 heavy (non-hydrogen) atoms. The average Bonchev–Trinajstić information content (AvgIpc) is 3.30. The predicted octanol–water partition coefficient (Wildman–Crippen LogP) is 2.71. The highest BCUT2D eigenvalue weighted by atomic mass is 16.2. The second-order valence-electron chi connectivity index (χ2n) is 7.62. The first-order valence-electron chi connectivity index (χ1n) is 9.40. The maximum Gasteiger partial charge on any atom is 0.244 e. The minimum absolute atomic E-state index is 0.203. The second kappa shape index (κ2) is 5.97. The van der Waals surface area contributed by atoms with Crippen LogP contribution in [0.25, 0.3) is 10.9 Å². The summed E-state index contributed by atoms with van der Waals surface area (Å²) in [5, 5.41) is 9.94. The second-order valence-corrected chi connectivity index (χ2v) is 7.62. The average molecular weight is 349 g/mol. The number of carbonyl (C=O) groups excluding carboxylic acids is 1. The quantitative estimate of drug-likeness (QED) is 0.730. The number of fused-ring (bicyclic) bond motifs is 3. The zero-order valence-corrected chi connectivity index (χ0v) is 15.0. The standard InChI is InChI=1S/C20H23N5O/c1-23-19(8-9-21-23)15-10-16-6-7-17(11-15)25(16)20(26)13-24-12-14-4-2-3-5-18(14)22-24/h2-5,8-9,12,15-17H,6-7,10-11,13H2,1H3. The van der Waals surface area contributed by atoms with Crippen LogP contribution in [0.4, 0.5) is 0 Å². The first-order valence-corrected chi connectivity index (χ1v) is 9.40. The molecular formula is C20H23N5O. The van der Waals surface area contributed by atoms with Crippen LogP contribution in [0, 0.1) is 0 Å². The van der Waals surface area contributed by atoms with Gasteiger partial charge in [-0.15, -0.1) is 0 Å². The minimum atomic E-state index is 0.203. The normalized spacial score (nSPS) is 25.1. The lowest BCUT2D eigenvalue weighted by atomic mass is 9.88. The molecule has 0 radical (unpaired) electrons. The van der Waals surface area contributed by atoms with E-state index in [1.807, 2.05) is 48.4 Å². The summed E-state index contributed by atoms with van der Waals surface area (Å²) < 4.78 is 3.77. The van der Waals surface area contributed by atoms with Gasteiger partial charge >= 0.3 is 0 Å². The number of benzene rings is 1. The number of carbonyl (C=O) groups is 1. The van der Waals surface area contributed by atoms with Crippen LogP contribution in [0.5, 0.6) is 0 Å². The number of hydrogen-bond acceptors (Lipinski definition) is 3. The molecule has 134 valence electrons. The van der Waals surface area contributed by atoms with E-state index in [9.17, 15) is 4.79 Å². The Labute approximate surface area is 152 Å². The van der Waals surface area contributed by atoms with Crippen LogP contribution >= 0.6 is 0 Å². The summed E-state index contributed by atoms with van der Waals surface area (Å²) in [7, 11) is 2.01. The van der Waals surface area contributed by atoms with Crippen LogP contribution in [0.1, 0.15) is 37.3 Å². The molecule has 6 heteroatoms. The molecule has 2 atom stereocenters. The van der Waals surface area contributed by atoms with Crippen LogP contribution in [-0.4, -0.2) is 42.5 Å². The van der Waals surface area contributed by atoms with Gasteiger partial charge in [0.25, 0.3) is 0 Å². The van der Waals surface area contributed by atoms with Crippen LogP contribution in [0.15, 0.2) is 42.7 Å². The minimum Gasteiger partial charge on any atom is -0.335 e. The highest BCUT2D eigenvalue weighted by Gasteiger charge is 2.44. The van der Waals surface area contributed by atoms with Crippen molar-refractivity contribution in [3.05, 3.63) is 48.4 Å². The van der Waals surface area contributed by atoms with Crippen molar-refractivity contribution in [3.8, 4) is 0 Å². The molecule has 1 amide bonds. The molecule has 4 heterocycles. The predicted molar refractivity (Wildman–Crippen MR) is 98.6 cm³/mol. The Morgan fingerprint density at radius 3 is 2.62 bits per heavy atom. The molecule has 0 aliphatic carbocycles. The lowest BCUT2D eigenvalue weighted by Crippen LogP contribution is -2.47. The molecular weight excluding hydrogens is 326 g/mol. The van der Waals surface area contributed by atoms with Crippen LogP contribution in [-0.2, 0) is 18.4 Å². The Hall–Kier alpha value is -2.63. The molecule has 0 saturated carbocycles. The van der Waals surface area contributed by atoms with Crippen LogP contribution < -0.4 is 0 Å². The monoisotopic (exact) mass is 349 g/mol. The Kier molecular flexibility index (Phi) is 3.58. The van der Waals surface area contributed by atoms with Crippen molar-refractivity contribution in [2.75, 3.05) is 0 Å². The van der Waals surface area contributed by atoms with Gasteiger partial charge in [-0.25, -0.2) is 0 Å². The van der Waals surface area contributed by atoms with Crippen molar-refractivity contribution in [1.82, 2.24) is 24.5 Å². The highest BCUT2D eigenvalue weighted by Crippen LogP contribution is 2.43. The van der Waals surface area contributed by atoms with Gasteiger partial charge in [0.1, 0.15) is 6.54 Å². The topological polar surface area (TPSA) is 56.0 Å². The number of aryl methyl sites for hydroxylation is 1. The third-order valence-electron chi connectivity index (χ3n) is 6.06. The number of aromatic nitrogens is 4. The van der Waals surface area contributed by atoms with Crippen molar-refractivity contribution >= 4 is 16.8 Å². The molecule has 0 N–H and O–H groups in total.